The average Bonchev–Trinajstić information content (AvgIpc) is 3.05. The smallest absolute Gasteiger partial charge is 0.329 e. The normalized spacial score (nSPS) is 11.1. The molecule has 0 unspecified atom stereocenters. The number of benzene rings is 1. The summed E-state index contributed by atoms with van der Waals surface area (Å²) in [5, 5.41) is 16.0. The van der Waals surface area contributed by atoms with E-state index in [-0.39, 0.29) is 12.3 Å². The number of phenolic OH excluding ortho intramolecular Hbond substituents is 1. The first-order valence-corrected chi connectivity index (χ1v) is 6.92. The van der Waals surface area contributed by atoms with Crippen molar-refractivity contribution in [2.24, 2.45) is 5.10 Å². The molecule has 3 N–H and O–H groups in total. The maximum atomic E-state index is 11.7. The summed E-state index contributed by atoms with van der Waals surface area (Å²) in [6, 6.07) is 8.40. The Kier molecular flexibility index (Phi) is 5.14. The number of nitrogens with one attached hydrogen (secondary N) is 2. The van der Waals surface area contributed by atoms with Gasteiger partial charge in [-0.1, -0.05) is 11.6 Å². The summed E-state index contributed by atoms with van der Waals surface area (Å²) < 4.78 is 5.04. The number of carbonyl (C=O) groups excluding carboxylic acids is 2. The van der Waals surface area contributed by atoms with Gasteiger partial charge in [0.05, 0.1) is 18.5 Å². The highest BCUT2D eigenvalue weighted by atomic mass is 16.3. The Bertz CT molecular complexity index is 736. The fraction of sp³-hybridized carbons (Fsp3) is 0.188. The van der Waals surface area contributed by atoms with Crippen LogP contribution in [-0.2, 0) is 16.1 Å². The SMILES string of the molecule is C/C(=N\NC(=O)C(=O)NCc1ccco1)c1cc(C)ccc1O. The Morgan fingerprint density at radius 3 is 2.74 bits per heavy atom. The Balaban J connectivity index is 1.94. The zero-order valence-corrected chi connectivity index (χ0v) is 12.8. The molecule has 7 nitrogen and oxygen atoms in total. The molecule has 0 saturated heterocycles. The van der Waals surface area contributed by atoms with E-state index in [0.717, 1.165) is 5.56 Å². The molecule has 7 heteroatoms. The van der Waals surface area contributed by atoms with Gasteiger partial charge in [0.1, 0.15) is 11.5 Å². The number of aromatic hydroxyl groups is 1. The van der Waals surface area contributed by atoms with E-state index < -0.39 is 11.8 Å². The third kappa shape index (κ3) is 4.44. The third-order valence-electron chi connectivity index (χ3n) is 3.08. The number of carbonyl (C=O) groups is 2. The summed E-state index contributed by atoms with van der Waals surface area (Å²) in [6.45, 7) is 3.60. The molecular weight excluding hydrogens is 298 g/mol. The second kappa shape index (κ2) is 7.26. The summed E-state index contributed by atoms with van der Waals surface area (Å²) in [5.74, 6) is -1.14. The summed E-state index contributed by atoms with van der Waals surface area (Å²) in [7, 11) is 0. The minimum atomic E-state index is -0.900. The Labute approximate surface area is 133 Å². The quantitative estimate of drug-likeness (QED) is 0.451. The average molecular weight is 315 g/mol. The monoisotopic (exact) mass is 315 g/mol. The van der Waals surface area contributed by atoms with E-state index in [1.165, 1.54) is 6.26 Å². The molecule has 0 radical (unpaired) electrons. The summed E-state index contributed by atoms with van der Waals surface area (Å²) in [6.07, 6.45) is 1.48. The molecule has 0 saturated carbocycles. The topological polar surface area (TPSA) is 104 Å². The lowest BCUT2D eigenvalue weighted by molar-refractivity contribution is -0.139. The van der Waals surface area contributed by atoms with Crippen LogP contribution in [0, 0.1) is 6.92 Å². The molecule has 2 amide bonds. The van der Waals surface area contributed by atoms with E-state index in [9.17, 15) is 14.7 Å². The Hall–Kier alpha value is -3.09. The van der Waals surface area contributed by atoms with Crippen LogP contribution >= 0.6 is 0 Å². The van der Waals surface area contributed by atoms with Crippen LogP contribution in [0.4, 0.5) is 0 Å². The van der Waals surface area contributed by atoms with E-state index in [1.807, 2.05) is 6.92 Å². The maximum Gasteiger partial charge on any atom is 0.329 e. The second-order valence-electron chi connectivity index (χ2n) is 4.92. The number of furan rings is 1. The zero-order valence-electron chi connectivity index (χ0n) is 12.8. The first-order chi connectivity index (χ1) is 11.0. The zero-order chi connectivity index (χ0) is 16.8. The van der Waals surface area contributed by atoms with Crippen molar-refractivity contribution in [1.29, 1.82) is 0 Å². The molecule has 0 aliphatic carbocycles. The number of aryl methyl sites for hydroxylation is 1. The lowest BCUT2D eigenvalue weighted by Gasteiger charge is -2.06. The predicted octanol–water partition coefficient (Wildman–Crippen LogP) is 1.45. The molecule has 2 aromatic rings. The van der Waals surface area contributed by atoms with Crippen molar-refractivity contribution in [2.75, 3.05) is 0 Å². The van der Waals surface area contributed by atoms with Gasteiger partial charge in [-0.15, -0.1) is 0 Å². The van der Waals surface area contributed by atoms with Crippen molar-refractivity contribution >= 4 is 17.5 Å². The highest BCUT2D eigenvalue weighted by molar-refractivity contribution is 6.35. The van der Waals surface area contributed by atoms with Crippen molar-refractivity contribution in [1.82, 2.24) is 10.7 Å². The lowest BCUT2D eigenvalue weighted by Crippen LogP contribution is -2.37. The van der Waals surface area contributed by atoms with E-state index in [4.69, 9.17) is 4.42 Å². The second-order valence-corrected chi connectivity index (χ2v) is 4.92. The molecule has 0 atom stereocenters. The van der Waals surface area contributed by atoms with Gasteiger partial charge in [0, 0.05) is 5.56 Å². The summed E-state index contributed by atoms with van der Waals surface area (Å²) >= 11 is 0. The van der Waals surface area contributed by atoms with E-state index in [2.05, 4.69) is 15.8 Å². The van der Waals surface area contributed by atoms with Gasteiger partial charge >= 0.3 is 11.8 Å². The van der Waals surface area contributed by atoms with Crippen LogP contribution in [0.15, 0.2) is 46.1 Å². The Morgan fingerprint density at radius 1 is 1.26 bits per heavy atom. The number of rotatable bonds is 4. The number of hydrazone groups is 1. The van der Waals surface area contributed by atoms with Gasteiger partial charge in [0.2, 0.25) is 0 Å². The standard InChI is InChI=1S/C16H17N3O4/c1-10-5-6-14(20)13(8-10)11(2)18-19-16(22)15(21)17-9-12-4-3-7-23-12/h3-8,20H,9H2,1-2H3,(H,17,21)(H,19,22)/b18-11+. The van der Waals surface area contributed by atoms with Gasteiger partial charge in [-0.2, -0.15) is 5.10 Å². The third-order valence-corrected chi connectivity index (χ3v) is 3.08. The molecule has 0 bridgehead atoms. The maximum absolute atomic E-state index is 11.7. The highest BCUT2D eigenvalue weighted by Crippen LogP contribution is 2.18. The molecule has 1 aromatic carbocycles. The summed E-state index contributed by atoms with van der Waals surface area (Å²) in [5.41, 5.74) is 3.97. The lowest BCUT2D eigenvalue weighted by atomic mass is 10.1. The number of nitrogens with zero attached hydrogens (tertiary/aromatic N) is 1. The molecular formula is C16H17N3O4. The van der Waals surface area contributed by atoms with Crippen molar-refractivity contribution < 1.29 is 19.1 Å². The van der Waals surface area contributed by atoms with Crippen LogP contribution in [0.3, 0.4) is 0 Å². The number of hydrogen-bond acceptors (Lipinski definition) is 5. The van der Waals surface area contributed by atoms with Gasteiger partial charge in [-0.3, -0.25) is 9.59 Å². The van der Waals surface area contributed by atoms with Crippen LogP contribution in [0.5, 0.6) is 5.75 Å². The van der Waals surface area contributed by atoms with Crippen molar-refractivity contribution in [3.05, 3.63) is 53.5 Å². The number of amides is 2. The molecule has 0 aliphatic rings. The Morgan fingerprint density at radius 2 is 2.04 bits per heavy atom. The number of phenols is 1. The first-order valence-electron chi connectivity index (χ1n) is 6.92. The molecule has 2 rings (SSSR count). The van der Waals surface area contributed by atoms with Gasteiger partial charge < -0.3 is 14.8 Å². The van der Waals surface area contributed by atoms with Gasteiger partial charge in [0.25, 0.3) is 0 Å². The molecule has 1 heterocycles. The van der Waals surface area contributed by atoms with E-state index in [0.29, 0.717) is 17.0 Å². The minimum absolute atomic E-state index is 0.0494. The van der Waals surface area contributed by atoms with Gasteiger partial charge in [0.15, 0.2) is 0 Å². The molecule has 120 valence electrons. The summed E-state index contributed by atoms with van der Waals surface area (Å²) in [4.78, 5) is 23.3. The predicted molar refractivity (Wildman–Crippen MR) is 83.8 cm³/mol. The molecule has 1 aromatic heterocycles. The van der Waals surface area contributed by atoms with Crippen LogP contribution < -0.4 is 10.7 Å². The van der Waals surface area contributed by atoms with Gasteiger partial charge in [-0.25, -0.2) is 5.43 Å². The molecule has 23 heavy (non-hydrogen) atoms. The fourth-order valence-electron chi connectivity index (χ4n) is 1.85. The van der Waals surface area contributed by atoms with Crippen molar-refractivity contribution in [3.8, 4) is 5.75 Å². The highest BCUT2D eigenvalue weighted by Gasteiger charge is 2.13. The van der Waals surface area contributed by atoms with Crippen LogP contribution in [0.2, 0.25) is 0 Å². The van der Waals surface area contributed by atoms with E-state index in [1.54, 1.807) is 37.3 Å². The van der Waals surface area contributed by atoms with Crippen molar-refractivity contribution in [2.45, 2.75) is 20.4 Å². The molecule has 0 aliphatic heterocycles. The largest absolute Gasteiger partial charge is 0.507 e. The van der Waals surface area contributed by atoms with Crippen LogP contribution in [0.1, 0.15) is 23.8 Å². The van der Waals surface area contributed by atoms with Crippen molar-refractivity contribution in [3.63, 3.8) is 0 Å². The molecule has 0 spiro atoms. The fourth-order valence-corrected chi connectivity index (χ4v) is 1.85. The first kappa shape index (κ1) is 16.3. The van der Waals surface area contributed by atoms with Gasteiger partial charge in [-0.05, 0) is 38.1 Å². The molecule has 0 fully saturated rings. The minimum Gasteiger partial charge on any atom is -0.507 e. The van der Waals surface area contributed by atoms with Crippen LogP contribution in [0.25, 0.3) is 0 Å². The van der Waals surface area contributed by atoms with Crippen LogP contribution in [-0.4, -0.2) is 22.6 Å². The van der Waals surface area contributed by atoms with E-state index >= 15 is 0 Å². The number of hydrogen-bond donors (Lipinski definition) is 3.